The third-order valence-electron chi connectivity index (χ3n) is 6.17. The third kappa shape index (κ3) is 2.51. The van der Waals surface area contributed by atoms with Gasteiger partial charge in [-0.2, -0.15) is 5.10 Å². The Morgan fingerprint density at radius 3 is 2.97 bits per heavy atom. The van der Waals surface area contributed by atoms with Crippen molar-refractivity contribution in [1.82, 2.24) is 9.99 Å². The number of nitrogens with zero attached hydrogens (tertiary/aromatic N) is 3. The SMILES string of the molecule is O=C(NN=Cc1ccc([N+](=O)[O-])o1)C12CCCCC1c1cccc3c(=O)ccn2c13. The van der Waals surface area contributed by atoms with E-state index >= 15 is 0 Å². The summed E-state index contributed by atoms with van der Waals surface area (Å²) in [5.74, 6) is -0.543. The first kappa shape index (κ1) is 18.3. The molecular weight excluding hydrogens is 388 g/mol. The Balaban J connectivity index is 1.51. The molecule has 1 fully saturated rings. The number of fused-ring (bicyclic) bond motifs is 3. The highest BCUT2D eigenvalue weighted by molar-refractivity contribution is 5.94. The maximum absolute atomic E-state index is 13.4. The number of pyridine rings is 1. The predicted molar refractivity (Wildman–Crippen MR) is 108 cm³/mol. The molecule has 0 bridgehead atoms. The number of carbonyl (C=O) groups excluding carboxylic acids is 1. The molecule has 152 valence electrons. The second-order valence-corrected chi connectivity index (χ2v) is 7.65. The lowest BCUT2D eigenvalue weighted by atomic mass is 9.71. The van der Waals surface area contributed by atoms with Crippen LogP contribution in [0.15, 0.2) is 56.9 Å². The topological polar surface area (TPSA) is 120 Å². The van der Waals surface area contributed by atoms with Crippen molar-refractivity contribution < 1.29 is 14.1 Å². The second kappa shape index (κ2) is 6.65. The number of aromatic nitrogens is 1. The van der Waals surface area contributed by atoms with Crippen LogP contribution in [-0.2, 0) is 10.3 Å². The normalized spacial score (nSPS) is 22.3. The van der Waals surface area contributed by atoms with Gasteiger partial charge < -0.3 is 8.98 Å². The van der Waals surface area contributed by atoms with Crippen LogP contribution in [0.25, 0.3) is 10.9 Å². The van der Waals surface area contributed by atoms with Crippen molar-refractivity contribution >= 4 is 28.9 Å². The summed E-state index contributed by atoms with van der Waals surface area (Å²) in [7, 11) is 0. The molecule has 0 radical (unpaired) electrons. The van der Waals surface area contributed by atoms with Crippen LogP contribution in [-0.4, -0.2) is 21.6 Å². The fraction of sp³-hybridized carbons (Fsp3) is 0.286. The summed E-state index contributed by atoms with van der Waals surface area (Å²) in [6.45, 7) is 0. The second-order valence-electron chi connectivity index (χ2n) is 7.65. The highest BCUT2D eigenvalue weighted by atomic mass is 16.6. The number of carbonyl (C=O) groups is 1. The molecule has 2 atom stereocenters. The van der Waals surface area contributed by atoms with E-state index in [1.807, 2.05) is 16.7 Å². The van der Waals surface area contributed by atoms with Crippen LogP contribution in [0.4, 0.5) is 5.88 Å². The molecule has 30 heavy (non-hydrogen) atoms. The van der Waals surface area contributed by atoms with Gasteiger partial charge in [0.05, 0.1) is 17.8 Å². The zero-order valence-corrected chi connectivity index (χ0v) is 15.9. The number of hydrogen-bond donors (Lipinski definition) is 1. The van der Waals surface area contributed by atoms with Gasteiger partial charge in [0.2, 0.25) is 0 Å². The monoisotopic (exact) mass is 406 g/mol. The number of para-hydroxylation sites is 1. The zero-order valence-electron chi connectivity index (χ0n) is 15.9. The van der Waals surface area contributed by atoms with E-state index in [-0.39, 0.29) is 23.0 Å². The van der Waals surface area contributed by atoms with Gasteiger partial charge in [-0.15, -0.1) is 0 Å². The number of furan rings is 1. The van der Waals surface area contributed by atoms with Crippen molar-refractivity contribution in [3.63, 3.8) is 0 Å². The Morgan fingerprint density at radius 2 is 2.17 bits per heavy atom. The first-order chi connectivity index (χ1) is 14.5. The number of nitrogens with one attached hydrogen (secondary N) is 1. The number of amides is 1. The molecule has 3 heterocycles. The number of nitro groups is 1. The minimum atomic E-state index is -0.861. The summed E-state index contributed by atoms with van der Waals surface area (Å²) in [5, 5.41) is 15.3. The summed E-state index contributed by atoms with van der Waals surface area (Å²) in [4.78, 5) is 35.9. The van der Waals surface area contributed by atoms with Crippen LogP contribution < -0.4 is 10.9 Å². The Bertz CT molecular complexity index is 1270. The van der Waals surface area contributed by atoms with E-state index in [0.717, 1.165) is 30.3 Å². The average molecular weight is 406 g/mol. The van der Waals surface area contributed by atoms with E-state index in [0.29, 0.717) is 11.8 Å². The van der Waals surface area contributed by atoms with E-state index in [4.69, 9.17) is 4.42 Å². The quantitative estimate of drug-likeness (QED) is 0.406. The van der Waals surface area contributed by atoms with Gasteiger partial charge in [-0.3, -0.25) is 19.7 Å². The van der Waals surface area contributed by atoms with Crippen molar-refractivity contribution in [3.8, 4) is 0 Å². The molecule has 1 aliphatic carbocycles. The van der Waals surface area contributed by atoms with Gasteiger partial charge in [-0.05, 0) is 30.5 Å². The molecule has 9 heteroatoms. The molecule has 1 aliphatic heterocycles. The fourth-order valence-electron chi connectivity index (χ4n) is 4.95. The number of rotatable bonds is 4. The van der Waals surface area contributed by atoms with E-state index in [9.17, 15) is 19.7 Å². The summed E-state index contributed by atoms with van der Waals surface area (Å²) in [6.07, 6.45) is 6.32. The van der Waals surface area contributed by atoms with Gasteiger partial charge in [0.25, 0.3) is 5.91 Å². The predicted octanol–water partition coefficient (Wildman–Crippen LogP) is 3.02. The fourth-order valence-corrected chi connectivity index (χ4v) is 4.95. The molecule has 2 aromatic heterocycles. The molecule has 1 amide bonds. The van der Waals surface area contributed by atoms with Crippen LogP contribution >= 0.6 is 0 Å². The first-order valence-electron chi connectivity index (χ1n) is 9.75. The maximum Gasteiger partial charge on any atom is 0.433 e. The van der Waals surface area contributed by atoms with Gasteiger partial charge in [-0.1, -0.05) is 25.0 Å². The van der Waals surface area contributed by atoms with Crippen molar-refractivity contribution in [1.29, 1.82) is 0 Å². The lowest BCUT2D eigenvalue weighted by Gasteiger charge is -2.39. The summed E-state index contributed by atoms with van der Waals surface area (Å²) in [5.41, 5.74) is 3.51. The Hall–Kier alpha value is -3.75. The Labute approximate surface area is 170 Å². The third-order valence-corrected chi connectivity index (χ3v) is 6.17. The molecular formula is C21H18N4O5. The first-order valence-corrected chi connectivity index (χ1v) is 9.75. The van der Waals surface area contributed by atoms with Crippen LogP contribution in [0, 0.1) is 10.1 Å². The van der Waals surface area contributed by atoms with E-state index in [1.54, 1.807) is 12.3 Å². The van der Waals surface area contributed by atoms with Crippen LogP contribution in [0.5, 0.6) is 0 Å². The summed E-state index contributed by atoms with van der Waals surface area (Å²) >= 11 is 0. The molecule has 5 rings (SSSR count). The molecule has 2 unspecified atom stereocenters. The molecule has 1 N–H and O–H groups in total. The van der Waals surface area contributed by atoms with Gasteiger partial charge in [-0.25, -0.2) is 5.43 Å². The van der Waals surface area contributed by atoms with Gasteiger partial charge >= 0.3 is 5.88 Å². The number of hydrazone groups is 1. The van der Waals surface area contributed by atoms with Gasteiger partial charge in [0, 0.05) is 23.6 Å². The van der Waals surface area contributed by atoms with Crippen LogP contribution in [0.2, 0.25) is 0 Å². The average Bonchev–Trinajstić information content (AvgIpc) is 3.33. The number of hydrogen-bond acceptors (Lipinski definition) is 6. The molecule has 0 spiro atoms. The standard InChI is InChI=1S/C21H18N4O5/c26-17-9-11-24-19-14(4-3-5-15(17)19)16-6-1-2-10-21(16,24)20(27)23-22-12-13-7-8-18(30-13)25(28)29/h3-5,7-9,11-12,16H,1-2,6,10H2,(H,23,27). The van der Waals surface area contributed by atoms with Crippen molar-refractivity contribution in [2.24, 2.45) is 5.10 Å². The Kier molecular flexibility index (Phi) is 4.05. The van der Waals surface area contributed by atoms with Gasteiger partial charge in [0.1, 0.15) is 10.5 Å². The van der Waals surface area contributed by atoms with Crippen molar-refractivity contribution in [3.05, 3.63) is 74.3 Å². The lowest BCUT2D eigenvalue weighted by molar-refractivity contribution is -0.402. The van der Waals surface area contributed by atoms with Crippen molar-refractivity contribution in [2.45, 2.75) is 37.1 Å². The molecule has 1 aromatic carbocycles. The zero-order chi connectivity index (χ0) is 20.9. The van der Waals surface area contributed by atoms with E-state index < -0.39 is 16.3 Å². The molecule has 1 saturated carbocycles. The largest absolute Gasteiger partial charge is 0.433 e. The van der Waals surface area contributed by atoms with Crippen LogP contribution in [0.1, 0.15) is 42.9 Å². The number of benzene rings is 1. The smallest absolute Gasteiger partial charge is 0.400 e. The molecule has 0 saturated heterocycles. The lowest BCUT2D eigenvalue weighted by Crippen LogP contribution is -2.50. The minimum absolute atomic E-state index is 0.0448. The molecule has 2 aliphatic rings. The highest BCUT2D eigenvalue weighted by Gasteiger charge is 2.53. The summed E-state index contributed by atoms with van der Waals surface area (Å²) < 4.78 is 6.96. The highest BCUT2D eigenvalue weighted by Crippen LogP contribution is 2.53. The molecule has 3 aromatic rings. The van der Waals surface area contributed by atoms with Gasteiger partial charge in [0.15, 0.2) is 11.2 Å². The molecule has 9 nitrogen and oxygen atoms in total. The van der Waals surface area contributed by atoms with E-state index in [1.165, 1.54) is 24.4 Å². The maximum atomic E-state index is 13.4. The van der Waals surface area contributed by atoms with Crippen molar-refractivity contribution in [2.75, 3.05) is 0 Å². The minimum Gasteiger partial charge on any atom is -0.400 e. The van der Waals surface area contributed by atoms with E-state index in [2.05, 4.69) is 10.5 Å². The Morgan fingerprint density at radius 1 is 1.30 bits per heavy atom. The summed E-state index contributed by atoms with van der Waals surface area (Å²) in [6, 6.07) is 9.80. The van der Waals surface area contributed by atoms with Crippen LogP contribution in [0.3, 0.4) is 0 Å².